The van der Waals surface area contributed by atoms with Crippen LogP contribution in [0.5, 0.6) is 5.75 Å². The van der Waals surface area contributed by atoms with Crippen molar-refractivity contribution in [3.05, 3.63) is 59.6 Å². The van der Waals surface area contributed by atoms with Crippen LogP contribution in [0.15, 0.2) is 58.2 Å². The molecule has 4 heteroatoms. The number of carbonyl (C=O) groups excluding carboxylic acids is 1. The molecule has 2 aromatic rings. The summed E-state index contributed by atoms with van der Waals surface area (Å²) in [6.07, 6.45) is 5.17. The van der Waals surface area contributed by atoms with Crippen LogP contribution < -0.4 is 4.74 Å². The van der Waals surface area contributed by atoms with Gasteiger partial charge < -0.3 is 13.9 Å². The Labute approximate surface area is 135 Å². The zero-order valence-electron chi connectivity index (χ0n) is 13.2. The van der Waals surface area contributed by atoms with E-state index in [2.05, 4.69) is 0 Å². The van der Waals surface area contributed by atoms with Crippen LogP contribution >= 0.6 is 0 Å². The van der Waals surface area contributed by atoms with E-state index < -0.39 is 0 Å². The van der Waals surface area contributed by atoms with Gasteiger partial charge in [-0.2, -0.15) is 0 Å². The first-order valence-corrected chi connectivity index (χ1v) is 7.59. The summed E-state index contributed by atoms with van der Waals surface area (Å²) < 4.78 is 16.4. The summed E-state index contributed by atoms with van der Waals surface area (Å²) >= 11 is 0. The molecule has 2 heterocycles. The van der Waals surface area contributed by atoms with Crippen molar-refractivity contribution in [2.75, 3.05) is 7.11 Å². The second kappa shape index (κ2) is 6.57. The van der Waals surface area contributed by atoms with E-state index in [4.69, 9.17) is 13.9 Å². The number of hydrogen-bond donors (Lipinski definition) is 0. The molecule has 0 saturated heterocycles. The summed E-state index contributed by atoms with van der Waals surface area (Å²) in [6.45, 7) is 2.04. The van der Waals surface area contributed by atoms with E-state index in [9.17, 15) is 4.79 Å². The van der Waals surface area contributed by atoms with Gasteiger partial charge in [0.2, 0.25) is 0 Å². The third-order valence-electron chi connectivity index (χ3n) is 3.57. The first kappa shape index (κ1) is 15.2. The molecule has 1 aromatic carbocycles. The van der Waals surface area contributed by atoms with Crippen LogP contribution in [0, 0.1) is 0 Å². The van der Waals surface area contributed by atoms with Crippen molar-refractivity contribution in [1.82, 2.24) is 0 Å². The molecule has 0 radical (unpaired) electrons. The Morgan fingerprint density at radius 2 is 2.00 bits per heavy atom. The molecule has 1 aromatic heterocycles. The number of rotatable bonds is 5. The van der Waals surface area contributed by atoms with Crippen molar-refractivity contribution in [1.29, 1.82) is 0 Å². The van der Waals surface area contributed by atoms with Gasteiger partial charge in [-0.25, -0.2) is 4.79 Å². The predicted octanol–water partition coefficient (Wildman–Crippen LogP) is 4.58. The number of ether oxygens (including phenoxy) is 2. The highest BCUT2D eigenvalue weighted by atomic mass is 16.5. The molecule has 3 rings (SSSR count). The average molecular weight is 310 g/mol. The van der Waals surface area contributed by atoms with E-state index in [1.165, 1.54) is 0 Å². The van der Waals surface area contributed by atoms with Gasteiger partial charge in [0, 0.05) is 6.42 Å². The molecule has 118 valence electrons. The van der Waals surface area contributed by atoms with Gasteiger partial charge in [-0.1, -0.05) is 19.1 Å². The fraction of sp³-hybridized carbons (Fsp3) is 0.211. The minimum absolute atomic E-state index is 0.330. The van der Waals surface area contributed by atoms with Gasteiger partial charge in [0.25, 0.3) is 0 Å². The molecular formula is C19H18O4. The van der Waals surface area contributed by atoms with Gasteiger partial charge in [-0.15, -0.1) is 0 Å². The summed E-state index contributed by atoms with van der Waals surface area (Å²) in [7, 11) is 1.62. The van der Waals surface area contributed by atoms with Crippen LogP contribution in [0.3, 0.4) is 0 Å². The van der Waals surface area contributed by atoms with E-state index >= 15 is 0 Å². The number of benzene rings is 1. The second-order valence-corrected chi connectivity index (χ2v) is 5.25. The zero-order valence-corrected chi connectivity index (χ0v) is 13.2. The molecule has 0 spiro atoms. The molecule has 0 atom stereocenters. The van der Waals surface area contributed by atoms with Gasteiger partial charge in [-0.05, 0) is 42.8 Å². The summed E-state index contributed by atoms with van der Waals surface area (Å²) in [4.78, 5) is 11.8. The Balaban J connectivity index is 1.88. The lowest BCUT2D eigenvalue weighted by Gasteiger charge is -2.04. The van der Waals surface area contributed by atoms with Gasteiger partial charge in [0.15, 0.2) is 0 Å². The van der Waals surface area contributed by atoms with E-state index in [1.54, 1.807) is 19.3 Å². The number of cyclic esters (lactones) is 1. The van der Waals surface area contributed by atoms with Crippen LogP contribution in [-0.2, 0) is 9.53 Å². The molecule has 0 aliphatic carbocycles. The van der Waals surface area contributed by atoms with Gasteiger partial charge >= 0.3 is 5.97 Å². The Bertz CT molecular complexity index is 780. The van der Waals surface area contributed by atoms with Crippen molar-refractivity contribution in [3.8, 4) is 17.1 Å². The maximum atomic E-state index is 11.8. The van der Waals surface area contributed by atoms with Crippen molar-refractivity contribution in [3.63, 3.8) is 0 Å². The lowest BCUT2D eigenvalue weighted by atomic mass is 10.1. The topological polar surface area (TPSA) is 48.7 Å². The van der Waals surface area contributed by atoms with Gasteiger partial charge in [-0.3, -0.25) is 0 Å². The summed E-state index contributed by atoms with van der Waals surface area (Å²) in [6, 6.07) is 11.3. The zero-order chi connectivity index (χ0) is 16.2. The number of esters is 1. The van der Waals surface area contributed by atoms with Crippen molar-refractivity contribution < 1.29 is 18.7 Å². The molecule has 0 amide bonds. The maximum Gasteiger partial charge on any atom is 0.343 e. The SMILES string of the molecule is CCCC1=C/C(=C/c2ccc(-c3ccccc3OC)o2)C(=O)O1. The highest BCUT2D eigenvalue weighted by Gasteiger charge is 2.20. The van der Waals surface area contributed by atoms with Crippen molar-refractivity contribution >= 4 is 12.0 Å². The lowest BCUT2D eigenvalue weighted by Crippen LogP contribution is -1.96. The maximum absolute atomic E-state index is 11.8. The lowest BCUT2D eigenvalue weighted by molar-refractivity contribution is -0.133. The smallest absolute Gasteiger partial charge is 0.343 e. The largest absolute Gasteiger partial charge is 0.496 e. The quantitative estimate of drug-likeness (QED) is 0.599. The molecular weight excluding hydrogens is 292 g/mol. The summed E-state index contributed by atoms with van der Waals surface area (Å²) in [5.41, 5.74) is 1.38. The Morgan fingerprint density at radius 1 is 1.17 bits per heavy atom. The molecule has 0 unspecified atom stereocenters. The monoisotopic (exact) mass is 310 g/mol. The predicted molar refractivity (Wildman–Crippen MR) is 87.8 cm³/mol. The normalized spacial score (nSPS) is 15.7. The summed E-state index contributed by atoms with van der Waals surface area (Å²) in [5, 5.41) is 0. The number of allylic oxidation sites excluding steroid dienone is 1. The number of para-hydroxylation sites is 1. The van der Waals surface area contributed by atoms with E-state index in [0.29, 0.717) is 22.9 Å². The molecule has 0 fully saturated rings. The number of methoxy groups -OCH3 is 1. The molecule has 1 aliphatic rings. The van der Waals surface area contributed by atoms with Crippen molar-refractivity contribution in [2.24, 2.45) is 0 Å². The van der Waals surface area contributed by atoms with Crippen LogP contribution in [0.2, 0.25) is 0 Å². The number of hydrogen-bond acceptors (Lipinski definition) is 4. The van der Waals surface area contributed by atoms with Crippen LogP contribution in [0.4, 0.5) is 0 Å². The standard InChI is InChI=1S/C19H18O4/c1-3-6-14-11-13(19(20)23-14)12-15-9-10-18(22-15)16-7-4-5-8-17(16)21-2/h4-5,7-12H,3,6H2,1-2H3/b13-12-. The van der Waals surface area contributed by atoms with E-state index in [0.717, 1.165) is 24.2 Å². The van der Waals surface area contributed by atoms with Crippen molar-refractivity contribution in [2.45, 2.75) is 19.8 Å². The first-order valence-electron chi connectivity index (χ1n) is 7.59. The average Bonchev–Trinajstić information content (AvgIpc) is 3.15. The highest BCUT2D eigenvalue weighted by molar-refractivity contribution is 5.99. The summed E-state index contributed by atoms with van der Waals surface area (Å²) in [5.74, 6) is 2.42. The van der Waals surface area contributed by atoms with Gasteiger partial charge in [0.1, 0.15) is 23.0 Å². The molecule has 4 nitrogen and oxygen atoms in total. The molecule has 0 bridgehead atoms. The Hall–Kier alpha value is -2.75. The fourth-order valence-corrected chi connectivity index (χ4v) is 2.49. The number of carbonyl (C=O) groups is 1. The highest BCUT2D eigenvalue weighted by Crippen LogP contribution is 2.32. The van der Waals surface area contributed by atoms with Crippen LogP contribution in [-0.4, -0.2) is 13.1 Å². The third kappa shape index (κ3) is 3.21. The van der Waals surface area contributed by atoms with Gasteiger partial charge in [0.05, 0.1) is 18.2 Å². The fourth-order valence-electron chi connectivity index (χ4n) is 2.49. The minimum Gasteiger partial charge on any atom is -0.496 e. The Morgan fingerprint density at radius 3 is 2.78 bits per heavy atom. The first-order chi connectivity index (χ1) is 11.2. The van der Waals surface area contributed by atoms with Crippen LogP contribution in [0.25, 0.3) is 17.4 Å². The van der Waals surface area contributed by atoms with E-state index in [-0.39, 0.29) is 5.97 Å². The molecule has 1 aliphatic heterocycles. The molecule has 0 saturated carbocycles. The second-order valence-electron chi connectivity index (χ2n) is 5.25. The van der Waals surface area contributed by atoms with Crippen LogP contribution in [0.1, 0.15) is 25.5 Å². The minimum atomic E-state index is -0.330. The Kier molecular flexibility index (Phi) is 4.33. The third-order valence-corrected chi connectivity index (χ3v) is 3.57. The molecule has 0 N–H and O–H groups in total. The number of furan rings is 1. The van der Waals surface area contributed by atoms with E-state index in [1.807, 2.05) is 43.3 Å². The molecule has 23 heavy (non-hydrogen) atoms.